The van der Waals surface area contributed by atoms with Crippen LogP contribution in [0.5, 0.6) is 0 Å². The molecule has 0 aromatic rings. The fourth-order valence-electron chi connectivity index (χ4n) is 2.72. The van der Waals surface area contributed by atoms with E-state index in [1.165, 1.54) is 31.5 Å². The molecule has 1 atom stereocenters. The van der Waals surface area contributed by atoms with E-state index in [1.807, 2.05) is 6.21 Å². The summed E-state index contributed by atoms with van der Waals surface area (Å²) in [6, 6.07) is 0. The Hall–Kier alpha value is -0.630. The van der Waals surface area contributed by atoms with Crippen LogP contribution in [0.4, 0.5) is 0 Å². The third-order valence-electron chi connectivity index (χ3n) is 3.56. The summed E-state index contributed by atoms with van der Waals surface area (Å²) in [5.41, 5.74) is 1.65. The minimum atomic E-state index is 0.320. The Balaban J connectivity index is 2.11. The molecule has 0 aromatic carbocycles. The van der Waals surface area contributed by atoms with Crippen LogP contribution in [-0.2, 0) is 0 Å². The lowest BCUT2D eigenvalue weighted by molar-refractivity contribution is 0.205. The monoisotopic (exact) mass is 192 g/mol. The Morgan fingerprint density at radius 1 is 1.43 bits per heavy atom. The molecule has 0 saturated carbocycles. The standard InChI is InChI=1S/C12H20N2/c1-10-7-12(2,9-14-8-10)11-3-5-13-6-4-11/h7-8,11,13H,3-6,9H2,1-2H3. The first-order chi connectivity index (χ1) is 6.71. The number of hydrogen-bond donors (Lipinski definition) is 1. The normalized spacial score (nSPS) is 34.3. The summed E-state index contributed by atoms with van der Waals surface area (Å²) in [5.74, 6) is 0.816. The molecule has 14 heavy (non-hydrogen) atoms. The average molecular weight is 192 g/mol. The average Bonchev–Trinajstić information content (AvgIpc) is 2.19. The lowest BCUT2D eigenvalue weighted by Gasteiger charge is -2.38. The first kappa shape index (κ1) is 9.91. The lowest BCUT2D eigenvalue weighted by Crippen LogP contribution is -2.38. The summed E-state index contributed by atoms with van der Waals surface area (Å²) in [6.45, 7) is 7.85. The van der Waals surface area contributed by atoms with Gasteiger partial charge >= 0.3 is 0 Å². The van der Waals surface area contributed by atoms with Crippen LogP contribution >= 0.6 is 0 Å². The maximum atomic E-state index is 4.47. The minimum Gasteiger partial charge on any atom is -0.317 e. The molecule has 0 amide bonds. The van der Waals surface area contributed by atoms with Crippen LogP contribution in [0.15, 0.2) is 16.6 Å². The van der Waals surface area contributed by atoms with E-state index in [0.717, 1.165) is 12.5 Å². The molecule has 2 aliphatic heterocycles. The van der Waals surface area contributed by atoms with E-state index in [4.69, 9.17) is 0 Å². The van der Waals surface area contributed by atoms with Crippen molar-refractivity contribution in [1.29, 1.82) is 0 Å². The van der Waals surface area contributed by atoms with Crippen LogP contribution in [0.1, 0.15) is 26.7 Å². The zero-order chi connectivity index (χ0) is 10.0. The van der Waals surface area contributed by atoms with Gasteiger partial charge in [0.2, 0.25) is 0 Å². The molecule has 2 heterocycles. The van der Waals surface area contributed by atoms with Crippen molar-refractivity contribution in [3.8, 4) is 0 Å². The van der Waals surface area contributed by atoms with Gasteiger partial charge in [-0.15, -0.1) is 0 Å². The van der Waals surface area contributed by atoms with Crippen LogP contribution in [0.2, 0.25) is 0 Å². The number of nitrogens with zero attached hydrogens (tertiary/aromatic N) is 1. The maximum absolute atomic E-state index is 4.47. The first-order valence-corrected chi connectivity index (χ1v) is 5.61. The second-order valence-corrected chi connectivity index (χ2v) is 4.89. The summed E-state index contributed by atoms with van der Waals surface area (Å²) in [4.78, 5) is 4.47. The van der Waals surface area contributed by atoms with Crippen LogP contribution < -0.4 is 5.32 Å². The van der Waals surface area contributed by atoms with E-state index >= 15 is 0 Å². The summed E-state index contributed by atoms with van der Waals surface area (Å²) in [5, 5.41) is 3.42. The predicted octanol–water partition coefficient (Wildman–Crippen LogP) is 2.02. The molecule has 2 rings (SSSR count). The molecule has 2 heteroatoms. The van der Waals surface area contributed by atoms with Crippen molar-refractivity contribution in [2.75, 3.05) is 19.6 Å². The van der Waals surface area contributed by atoms with Crippen molar-refractivity contribution < 1.29 is 0 Å². The highest BCUT2D eigenvalue weighted by molar-refractivity contribution is 5.78. The van der Waals surface area contributed by atoms with Gasteiger partial charge < -0.3 is 5.32 Å². The van der Waals surface area contributed by atoms with Crippen LogP contribution in [0, 0.1) is 11.3 Å². The summed E-state index contributed by atoms with van der Waals surface area (Å²) >= 11 is 0. The molecule has 0 bridgehead atoms. The van der Waals surface area contributed by atoms with Crippen LogP contribution in [0.3, 0.4) is 0 Å². The van der Waals surface area contributed by atoms with Gasteiger partial charge in [-0.1, -0.05) is 13.0 Å². The number of aliphatic imine (C=N–C) groups is 1. The number of allylic oxidation sites excluding steroid dienone is 1. The highest BCUT2D eigenvalue weighted by Gasteiger charge is 2.33. The number of rotatable bonds is 1. The lowest BCUT2D eigenvalue weighted by atomic mass is 9.71. The van der Waals surface area contributed by atoms with Gasteiger partial charge in [-0.05, 0) is 44.3 Å². The van der Waals surface area contributed by atoms with E-state index in [2.05, 4.69) is 30.2 Å². The van der Waals surface area contributed by atoms with Crippen molar-refractivity contribution in [2.24, 2.45) is 16.3 Å². The minimum absolute atomic E-state index is 0.320. The predicted molar refractivity (Wildman–Crippen MR) is 60.8 cm³/mol. The quantitative estimate of drug-likeness (QED) is 0.675. The molecule has 2 aliphatic rings. The molecular formula is C12H20N2. The van der Waals surface area contributed by atoms with Crippen LogP contribution in [-0.4, -0.2) is 25.8 Å². The summed E-state index contributed by atoms with van der Waals surface area (Å²) in [6.07, 6.45) is 7.03. The number of dihydropyridines is 1. The van der Waals surface area contributed by atoms with Gasteiger partial charge in [-0.3, -0.25) is 4.99 Å². The number of hydrogen-bond acceptors (Lipinski definition) is 2. The fraction of sp³-hybridized carbons (Fsp3) is 0.750. The third kappa shape index (κ3) is 1.90. The van der Waals surface area contributed by atoms with E-state index in [1.54, 1.807) is 0 Å². The molecule has 1 fully saturated rings. The molecule has 0 aromatic heterocycles. The molecule has 78 valence electrons. The van der Waals surface area contributed by atoms with Gasteiger partial charge in [-0.2, -0.15) is 0 Å². The third-order valence-corrected chi connectivity index (χ3v) is 3.56. The largest absolute Gasteiger partial charge is 0.317 e. The zero-order valence-electron chi connectivity index (χ0n) is 9.21. The molecule has 1 N–H and O–H groups in total. The Morgan fingerprint density at radius 2 is 2.14 bits per heavy atom. The van der Waals surface area contributed by atoms with Gasteiger partial charge in [0.15, 0.2) is 0 Å². The highest BCUT2D eigenvalue weighted by atomic mass is 14.9. The molecule has 2 nitrogen and oxygen atoms in total. The van der Waals surface area contributed by atoms with Crippen molar-refractivity contribution in [3.05, 3.63) is 11.6 Å². The molecule has 1 unspecified atom stereocenters. The Labute approximate surface area is 86.5 Å². The second-order valence-electron chi connectivity index (χ2n) is 4.89. The smallest absolute Gasteiger partial charge is 0.0480 e. The van der Waals surface area contributed by atoms with Crippen molar-refractivity contribution >= 4 is 6.21 Å². The SMILES string of the molecule is CC1=CC(C)(C2CCNCC2)CN=C1. The van der Waals surface area contributed by atoms with Gasteiger partial charge in [-0.25, -0.2) is 0 Å². The van der Waals surface area contributed by atoms with Crippen molar-refractivity contribution in [1.82, 2.24) is 5.32 Å². The van der Waals surface area contributed by atoms with E-state index in [9.17, 15) is 0 Å². The number of nitrogens with one attached hydrogen (secondary N) is 1. The van der Waals surface area contributed by atoms with E-state index in [0.29, 0.717) is 5.41 Å². The van der Waals surface area contributed by atoms with E-state index in [-0.39, 0.29) is 0 Å². The molecular weight excluding hydrogens is 172 g/mol. The molecule has 0 aliphatic carbocycles. The Morgan fingerprint density at radius 3 is 2.79 bits per heavy atom. The Bertz CT molecular complexity index is 261. The second kappa shape index (κ2) is 3.85. The van der Waals surface area contributed by atoms with Gasteiger partial charge in [0.05, 0.1) is 0 Å². The van der Waals surface area contributed by atoms with Gasteiger partial charge in [0.25, 0.3) is 0 Å². The van der Waals surface area contributed by atoms with Gasteiger partial charge in [0.1, 0.15) is 0 Å². The summed E-state index contributed by atoms with van der Waals surface area (Å²) < 4.78 is 0. The molecule has 1 saturated heterocycles. The Kier molecular flexibility index (Phi) is 2.73. The topological polar surface area (TPSA) is 24.4 Å². The highest BCUT2D eigenvalue weighted by Crippen LogP contribution is 2.37. The molecule has 0 radical (unpaired) electrons. The van der Waals surface area contributed by atoms with Crippen LogP contribution in [0.25, 0.3) is 0 Å². The maximum Gasteiger partial charge on any atom is 0.0480 e. The summed E-state index contributed by atoms with van der Waals surface area (Å²) in [7, 11) is 0. The van der Waals surface area contributed by atoms with Crippen molar-refractivity contribution in [2.45, 2.75) is 26.7 Å². The van der Waals surface area contributed by atoms with Gasteiger partial charge in [0, 0.05) is 18.2 Å². The molecule has 0 spiro atoms. The van der Waals surface area contributed by atoms with E-state index < -0.39 is 0 Å². The fourth-order valence-corrected chi connectivity index (χ4v) is 2.72. The first-order valence-electron chi connectivity index (χ1n) is 5.61. The zero-order valence-corrected chi connectivity index (χ0v) is 9.21. The van der Waals surface area contributed by atoms with Crippen molar-refractivity contribution in [3.63, 3.8) is 0 Å². The number of piperidine rings is 1.